The summed E-state index contributed by atoms with van der Waals surface area (Å²) in [5.74, 6) is 0.979. The maximum absolute atomic E-state index is 5.44. The molecule has 0 aromatic heterocycles. The molecule has 0 amide bonds. The van der Waals surface area contributed by atoms with Crippen molar-refractivity contribution in [2.75, 3.05) is 33.3 Å². The van der Waals surface area contributed by atoms with Gasteiger partial charge in [-0.1, -0.05) is 6.07 Å². The van der Waals surface area contributed by atoms with E-state index in [-0.39, 0.29) is 0 Å². The zero-order valence-corrected chi connectivity index (χ0v) is 12.2. The second-order valence-corrected chi connectivity index (χ2v) is 6.02. The topological polar surface area (TPSA) is 24.5 Å². The van der Waals surface area contributed by atoms with Gasteiger partial charge in [0.1, 0.15) is 5.75 Å². The minimum absolute atomic E-state index is 0.489. The van der Waals surface area contributed by atoms with Gasteiger partial charge in [-0.2, -0.15) is 0 Å². The Morgan fingerprint density at radius 2 is 2.06 bits per heavy atom. The number of hydrogen-bond donors (Lipinski definition) is 1. The Kier molecular flexibility index (Phi) is 4.92. The highest BCUT2D eigenvalue weighted by Crippen LogP contribution is 2.34. The van der Waals surface area contributed by atoms with Crippen LogP contribution in [-0.4, -0.2) is 43.6 Å². The summed E-state index contributed by atoms with van der Waals surface area (Å²) in [7, 11) is 1.74. The molecule has 1 saturated heterocycles. The van der Waals surface area contributed by atoms with Gasteiger partial charge < -0.3 is 10.1 Å². The standard InChI is InChI=1S/C14H22N2OS/c1-11-4-5-13(17-3)14(10-11)18-12(2)16-8-6-15-7-9-16/h4-5,10,12,15H,6-9H2,1-3H3. The SMILES string of the molecule is COc1ccc(C)cc1SC(C)N1CCNCC1. The van der Waals surface area contributed by atoms with Crippen LogP contribution in [0.3, 0.4) is 0 Å². The molecule has 1 N–H and O–H groups in total. The molecule has 0 aliphatic carbocycles. The van der Waals surface area contributed by atoms with Crippen LogP contribution in [0.15, 0.2) is 23.1 Å². The Morgan fingerprint density at radius 1 is 1.33 bits per heavy atom. The van der Waals surface area contributed by atoms with Crippen molar-refractivity contribution in [3.63, 3.8) is 0 Å². The fraction of sp³-hybridized carbons (Fsp3) is 0.571. The number of methoxy groups -OCH3 is 1. The first-order valence-corrected chi connectivity index (χ1v) is 7.34. The van der Waals surface area contributed by atoms with Crippen LogP contribution in [0, 0.1) is 6.92 Å². The molecule has 3 nitrogen and oxygen atoms in total. The van der Waals surface area contributed by atoms with E-state index in [1.165, 1.54) is 10.5 Å². The number of piperazine rings is 1. The minimum Gasteiger partial charge on any atom is -0.496 e. The quantitative estimate of drug-likeness (QED) is 0.846. The van der Waals surface area contributed by atoms with Gasteiger partial charge in [-0.3, -0.25) is 4.90 Å². The Labute approximate surface area is 114 Å². The summed E-state index contributed by atoms with van der Waals surface area (Å²) < 4.78 is 5.44. The molecule has 4 heteroatoms. The number of thioether (sulfide) groups is 1. The fourth-order valence-corrected chi connectivity index (χ4v) is 3.43. The summed E-state index contributed by atoms with van der Waals surface area (Å²) >= 11 is 1.89. The van der Waals surface area contributed by atoms with Gasteiger partial charge in [-0.25, -0.2) is 0 Å². The van der Waals surface area contributed by atoms with Crippen LogP contribution < -0.4 is 10.1 Å². The van der Waals surface area contributed by atoms with Gasteiger partial charge in [-0.15, -0.1) is 11.8 Å². The molecule has 1 atom stereocenters. The van der Waals surface area contributed by atoms with E-state index >= 15 is 0 Å². The van der Waals surface area contributed by atoms with Crippen LogP contribution in [0.4, 0.5) is 0 Å². The second kappa shape index (κ2) is 6.45. The zero-order chi connectivity index (χ0) is 13.0. The third kappa shape index (κ3) is 3.40. The maximum Gasteiger partial charge on any atom is 0.132 e. The van der Waals surface area contributed by atoms with Gasteiger partial charge in [0.05, 0.1) is 17.4 Å². The van der Waals surface area contributed by atoms with Gasteiger partial charge in [0.15, 0.2) is 0 Å². The van der Waals surface area contributed by atoms with Gasteiger partial charge in [-0.05, 0) is 31.5 Å². The summed E-state index contributed by atoms with van der Waals surface area (Å²) in [4.78, 5) is 3.76. The average molecular weight is 266 g/mol. The molecule has 1 aromatic rings. The lowest BCUT2D eigenvalue weighted by Gasteiger charge is -2.32. The minimum atomic E-state index is 0.489. The first-order valence-electron chi connectivity index (χ1n) is 6.47. The van der Waals surface area contributed by atoms with Crippen molar-refractivity contribution in [2.24, 2.45) is 0 Å². The summed E-state index contributed by atoms with van der Waals surface area (Å²) in [6.45, 7) is 8.84. The number of nitrogens with one attached hydrogen (secondary N) is 1. The number of aryl methyl sites for hydroxylation is 1. The number of rotatable bonds is 4. The smallest absolute Gasteiger partial charge is 0.132 e. The highest BCUT2D eigenvalue weighted by Gasteiger charge is 2.18. The third-order valence-corrected chi connectivity index (χ3v) is 4.49. The van der Waals surface area contributed by atoms with E-state index in [0.29, 0.717) is 5.37 Å². The molecule has 2 rings (SSSR count). The lowest BCUT2D eigenvalue weighted by atomic mass is 10.2. The van der Waals surface area contributed by atoms with E-state index < -0.39 is 0 Å². The van der Waals surface area contributed by atoms with E-state index in [9.17, 15) is 0 Å². The van der Waals surface area contributed by atoms with Crippen molar-refractivity contribution in [2.45, 2.75) is 24.1 Å². The number of nitrogens with zero attached hydrogens (tertiary/aromatic N) is 1. The molecule has 100 valence electrons. The van der Waals surface area contributed by atoms with Gasteiger partial charge in [0.25, 0.3) is 0 Å². The number of ether oxygens (including phenoxy) is 1. The van der Waals surface area contributed by atoms with Crippen molar-refractivity contribution < 1.29 is 4.74 Å². The predicted octanol–water partition coefficient (Wildman–Crippen LogP) is 2.35. The highest BCUT2D eigenvalue weighted by atomic mass is 32.2. The largest absolute Gasteiger partial charge is 0.496 e. The van der Waals surface area contributed by atoms with Crippen LogP contribution in [-0.2, 0) is 0 Å². The molecular formula is C14H22N2OS. The molecule has 1 unspecified atom stereocenters. The molecule has 0 saturated carbocycles. The van der Waals surface area contributed by atoms with Crippen molar-refractivity contribution in [1.29, 1.82) is 0 Å². The van der Waals surface area contributed by atoms with Crippen molar-refractivity contribution in [3.8, 4) is 5.75 Å². The normalized spacial score (nSPS) is 18.6. The lowest BCUT2D eigenvalue weighted by molar-refractivity contribution is 0.234. The summed E-state index contributed by atoms with van der Waals surface area (Å²) in [6, 6.07) is 6.36. The molecule has 1 aliphatic heterocycles. The molecule has 0 bridgehead atoms. The average Bonchev–Trinajstić information content (AvgIpc) is 2.40. The van der Waals surface area contributed by atoms with Crippen LogP contribution in [0.25, 0.3) is 0 Å². The number of hydrogen-bond acceptors (Lipinski definition) is 4. The molecule has 1 aromatic carbocycles. The molecule has 1 aliphatic rings. The molecule has 1 heterocycles. The van der Waals surface area contributed by atoms with E-state index in [2.05, 4.69) is 42.3 Å². The van der Waals surface area contributed by atoms with Crippen molar-refractivity contribution in [3.05, 3.63) is 23.8 Å². The zero-order valence-electron chi connectivity index (χ0n) is 11.4. The van der Waals surface area contributed by atoms with E-state index in [4.69, 9.17) is 4.74 Å². The van der Waals surface area contributed by atoms with E-state index in [1.54, 1.807) is 7.11 Å². The Bertz CT molecular complexity index is 391. The fourth-order valence-electron chi connectivity index (χ4n) is 2.18. The van der Waals surface area contributed by atoms with Crippen LogP contribution in [0.2, 0.25) is 0 Å². The van der Waals surface area contributed by atoms with Gasteiger partial charge in [0.2, 0.25) is 0 Å². The van der Waals surface area contributed by atoms with Crippen LogP contribution in [0.1, 0.15) is 12.5 Å². The predicted molar refractivity (Wildman–Crippen MR) is 77.5 cm³/mol. The Balaban J connectivity index is 2.05. The van der Waals surface area contributed by atoms with E-state index in [0.717, 1.165) is 31.9 Å². The molecule has 0 radical (unpaired) electrons. The molecule has 18 heavy (non-hydrogen) atoms. The Morgan fingerprint density at radius 3 is 2.72 bits per heavy atom. The summed E-state index contributed by atoms with van der Waals surface area (Å²) in [5, 5.41) is 3.88. The molecular weight excluding hydrogens is 244 g/mol. The first-order chi connectivity index (χ1) is 8.70. The second-order valence-electron chi connectivity index (χ2n) is 4.66. The van der Waals surface area contributed by atoms with Crippen molar-refractivity contribution in [1.82, 2.24) is 10.2 Å². The molecule has 0 spiro atoms. The van der Waals surface area contributed by atoms with Crippen molar-refractivity contribution >= 4 is 11.8 Å². The van der Waals surface area contributed by atoms with Crippen LogP contribution >= 0.6 is 11.8 Å². The first kappa shape index (κ1) is 13.7. The number of benzene rings is 1. The van der Waals surface area contributed by atoms with Gasteiger partial charge >= 0.3 is 0 Å². The third-order valence-electron chi connectivity index (χ3n) is 3.28. The van der Waals surface area contributed by atoms with Crippen LogP contribution in [0.5, 0.6) is 5.75 Å². The summed E-state index contributed by atoms with van der Waals surface area (Å²) in [6.07, 6.45) is 0. The molecule has 1 fully saturated rings. The maximum atomic E-state index is 5.44. The van der Waals surface area contributed by atoms with Gasteiger partial charge in [0, 0.05) is 26.2 Å². The highest BCUT2D eigenvalue weighted by molar-refractivity contribution is 8.00. The summed E-state index contributed by atoms with van der Waals surface area (Å²) in [5.41, 5.74) is 1.28. The van der Waals surface area contributed by atoms with E-state index in [1.807, 2.05) is 11.8 Å². The lowest BCUT2D eigenvalue weighted by Crippen LogP contribution is -2.46. The Hall–Kier alpha value is -0.710. The monoisotopic (exact) mass is 266 g/mol.